The summed E-state index contributed by atoms with van der Waals surface area (Å²) >= 11 is 5.85. The molecule has 2 atom stereocenters. The Morgan fingerprint density at radius 2 is 2.13 bits per heavy atom. The van der Waals surface area contributed by atoms with Gasteiger partial charge in [-0.1, -0.05) is 11.6 Å². The number of urea groups is 1. The zero-order valence-electron chi connectivity index (χ0n) is 14.1. The van der Waals surface area contributed by atoms with Crippen molar-refractivity contribution in [1.82, 2.24) is 15.1 Å². The summed E-state index contributed by atoms with van der Waals surface area (Å²) in [5.74, 6) is 1.32. The van der Waals surface area contributed by atoms with Gasteiger partial charge >= 0.3 is 6.03 Å². The zero-order chi connectivity index (χ0) is 16.8. The van der Waals surface area contributed by atoms with E-state index in [2.05, 4.69) is 24.3 Å². The van der Waals surface area contributed by atoms with Crippen molar-refractivity contribution in [3.63, 3.8) is 0 Å². The fourth-order valence-electron chi connectivity index (χ4n) is 2.81. The van der Waals surface area contributed by atoms with Crippen molar-refractivity contribution in [2.45, 2.75) is 19.4 Å². The normalized spacial score (nSPS) is 19.0. The lowest BCUT2D eigenvalue weighted by molar-refractivity contribution is 0.187. The summed E-state index contributed by atoms with van der Waals surface area (Å²) in [6, 6.07) is 7.23. The molecule has 0 bridgehead atoms. The van der Waals surface area contributed by atoms with Crippen molar-refractivity contribution in [2.75, 3.05) is 40.3 Å². The molecule has 23 heavy (non-hydrogen) atoms. The second-order valence-corrected chi connectivity index (χ2v) is 6.87. The summed E-state index contributed by atoms with van der Waals surface area (Å²) in [6.07, 6.45) is 0.975. The molecule has 2 amide bonds. The van der Waals surface area contributed by atoms with Crippen molar-refractivity contribution in [2.24, 2.45) is 5.92 Å². The predicted molar refractivity (Wildman–Crippen MR) is 93.2 cm³/mol. The SMILES string of the molecule is C[C@H](CNC(=O)N1CC[C@H](CN(C)C)C1)Oc1ccc(Cl)cc1. The number of hydrogen-bond donors (Lipinski definition) is 1. The van der Waals surface area contributed by atoms with Crippen LogP contribution in [0, 0.1) is 5.92 Å². The van der Waals surface area contributed by atoms with Crippen molar-refractivity contribution >= 4 is 17.6 Å². The Balaban J connectivity index is 1.70. The van der Waals surface area contributed by atoms with E-state index >= 15 is 0 Å². The van der Waals surface area contributed by atoms with E-state index in [-0.39, 0.29) is 12.1 Å². The molecule has 1 saturated heterocycles. The Kier molecular flexibility index (Phi) is 6.54. The molecule has 1 heterocycles. The van der Waals surface area contributed by atoms with Crippen molar-refractivity contribution < 1.29 is 9.53 Å². The van der Waals surface area contributed by atoms with Crippen LogP contribution in [-0.4, -0.2) is 62.2 Å². The Labute approximate surface area is 143 Å². The minimum Gasteiger partial charge on any atom is -0.489 e. The molecule has 0 unspecified atom stereocenters. The van der Waals surface area contributed by atoms with Gasteiger partial charge in [-0.25, -0.2) is 4.79 Å². The first-order valence-corrected chi connectivity index (χ1v) is 8.41. The number of rotatable bonds is 6. The molecule has 1 N–H and O–H groups in total. The predicted octanol–water partition coefficient (Wildman–Crippen LogP) is 2.70. The van der Waals surface area contributed by atoms with Crippen LogP contribution in [0.25, 0.3) is 0 Å². The average Bonchev–Trinajstić information content (AvgIpc) is 2.95. The number of amides is 2. The highest BCUT2D eigenvalue weighted by atomic mass is 35.5. The van der Waals surface area contributed by atoms with E-state index in [4.69, 9.17) is 16.3 Å². The number of likely N-dealkylation sites (tertiary alicyclic amines) is 1. The Morgan fingerprint density at radius 1 is 1.43 bits per heavy atom. The molecule has 5 nitrogen and oxygen atoms in total. The molecule has 1 aliphatic rings. The van der Waals surface area contributed by atoms with E-state index < -0.39 is 0 Å². The number of benzene rings is 1. The second kappa shape index (κ2) is 8.41. The first-order valence-electron chi connectivity index (χ1n) is 8.03. The monoisotopic (exact) mass is 339 g/mol. The number of hydrogen-bond acceptors (Lipinski definition) is 3. The van der Waals surface area contributed by atoms with Gasteiger partial charge in [-0.2, -0.15) is 0 Å². The molecule has 1 aromatic carbocycles. The van der Waals surface area contributed by atoms with Gasteiger partial charge in [0.1, 0.15) is 11.9 Å². The van der Waals surface area contributed by atoms with E-state index in [9.17, 15) is 4.79 Å². The molecule has 0 saturated carbocycles. The van der Waals surface area contributed by atoms with Crippen LogP contribution in [0.4, 0.5) is 4.79 Å². The fourth-order valence-corrected chi connectivity index (χ4v) is 2.94. The summed E-state index contributed by atoms with van der Waals surface area (Å²) in [6.45, 7) is 5.11. The quantitative estimate of drug-likeness (QED) is 0.866. The van der Waals surface area contributed by atoms with E-state index in [0.717, 1.165) is 31.8 Å². The van der Waals surface area contributed by atoms with Crippen LogP contribution in [0.1, 0.15) is 13.3 Å². The molecule has 128 valence electrons. The van der Waals surface area contributed by atoms with Crippen LogP contribution in [0.2, 0.25) is 5.02 Å². The van der Waals surface area contributed by atoms with Crippen molar-refractivity contribution in [3.8, 4) is 5.75 Å². The van der Waals surface area contributed by atoms with Gasteiger partial charge < -0.3 is 19.9 Å². The maximum absolute atomic E-state index is 12.2. The largest absolute Gasteiger partial charge is 0.489 e. The fraction of sp³-hybridized carbons (Fsp3) is 0.588. The minimum absolute atomic E-state index is 0.00203. The minimum atomic E-state index is -0.0969. The summed E-state index contributed by atoms with van der Waals surface area (Å²) in [5.41, 5.74) is 0. The third kappa shape index (κ3) is 5.92. The summed E-state index contributed by atoms with van der Waals surface area (Å²) in [7, 11) is 4.14. The first kappa shape index (κ1) is 17.9. The van der Waals surface area contributed by atoms with Gasteiger partial charge in [-0.15, -0.1) is 0 Å². The maximum Gasteiger partial charge on any atom is 0.317 e. The third-order valence-corrected chi connectivity index (χ3v) is 4.14. The van der Waals surface area contributed by atoms with Crippen LogP contribution < -0.4 is 10.1 Å². The van der Waals surface area contributed by atoms with Crippen LogP contribution in [-0.2, 0) is 0 Å². The number of nitrogens with zero attached hydrogens (tertiary/aromatic N) is 2. The average molecular weight is 340 g/mol. The van der Waals surface area contributed by atoms with Gasteiger partial charge in [0.15, 0.2) is 0 Å². The molecular weight excluding hydrogens is 314 g/mol. The van der Waals surface area contributed by atoms with Gasteiger partial charge in [0.25, 0.3) is 0 Å². The van der Waals surface area contributed by atoms with Crippen LogP contribution in [0.15, 0.2) is 24.3 Å². The van der Waals surface area contributed by atoms with Crippen LogP contribution in [0.3, 0.4) is 0 Å². The van der Waals surface area contributed by atoms with E-state index in [1.807, 2.05) is 24.0 Å². The van der Waals surface area contributed by atoms with Crippen molar-refractivity contribution in [3.05, 3.63) is 29.3 Å². The highest BCUT2D eigenvalue weighted by Gasteiger charge is 2.26. The Hall–Kier alpha value is -1.46. The van der Waals surface area contributed by atoms with Gasteiger partial charge in [-0.05, 0) is 57.6 Å². The third-order valence-electron chi connectivity index (χ3n) is 3.89. The number of carbonyl (C=O) groups excluding carboxylic acids is 1. The molecule has 1 fully saturated rings. The highest BCUT2D eigenvalue weighted by molar-refractivity contribution is 6.30. The topological polar surface area (TPSA) is 44.8 Å². The lowest BCUT2D eigenvalue weighted by atomic mass is 10.1. The molecule has 6 heteroatoms. The second-order valence-electron chi connectivity index (χ2n) is 6.43. The Bertz CT molecular complexity index is 507. The summed E-state index contributed by atoms with van der Waals surface area (Å²) in [4.78, 5) is 16.3. The Morgan fingerprint density at radius 3 is 2.78 bits per heavy atom. The molecule has 0 aromatic heterocycles. The van der Waals surface area contributed by atoms with Crippen LogP contribution in [0.5, 0.6) is 5.75 Å². The number of ether oxygens (including phenoxy) is 1. The lowest BCUT2D eigenvalue weighted by Crippen LogP contribution is -2.42. The molecule has 1 aliphatic heterocycles. The molecule has 0 spiro atoms. The zero-order valence-corrected chi connectivity index (χ0v) is 14.8. The lowest BCUT2D eigenvalue weighted by Gasteiger charge is -2.21. The van der Waals surface area contributed by atoms with E-state index in [0.29, 0.717) is 17.5 Å². The summed E-state index contributed by atoms with van der Waals surface area (Å²) < 4.78 is 5.76. The number of nitrogens with one attached hydrogen (secondary N) is 1. The molecule has 0 aliphatic carbocycles. The van der Waals surface area contributed by atoms with E-state index in [1.165, 1.54) is 0 Å². The molecule has 0 radical (unpaired) electrons. The van der Waals surface area contributed by atoms with Crippen molar-refractivity contribution in [1.29, 1.82) is 0 Å². The molecule has 1 aromatic rings. The molecule has 2 rings (SSSR count). The van der Waals surface area contributed by atoms with Gasteiger partial charge in [0.05, 0.1) is 6.54 Å². The highest BCUT2D eigenvalue weighted by Crippen LogP contribution is 2.18. The number of halogens is 1. The van der Waals surface area contributed by atoms with Crippen LogP contribution >= 0.6 is 11.6 Å². The summed E-state index contributed by atoms with van der Waals surface area (Å²) in [5, 5.41) is 3.63. The first-order chi connectivity index (χ1) is 10.9. The maximum atomic E-state index is 12.2. The number of carbonyl (C=O) groups is 1. The molecular formula is C17H26ClN3O2. The van der Waals surface area contributed by atoms with Gasteiger partial charge in [-0.3, -0.25) is 0 Å². The van der Waals surface area contributed by atoms with E-state index in [1.54, 1.807) is 12.1 Å². The van der Waals surface area contributed by atoms with Gasteiger partial charge in [0.2, 0.25) is 0 Å². The standard InChI is InChI=1S/C17H26ClN3O2/c1-13(23-16-6-4-15(18)5-7-16)10-19-17(22)21-9-8-14(12-21)11-20(2)3/h4-7,13-14H,8-12H2,1-3H3,(H,19,22)/t13-,14-/m1/s1. The van der Waals surface area contributed by atoms with Gasteiger partial charge in [0, 0.05) is 24.7 Å². The smallest absolute Gasteiger partial charge is 0.317 e.